The van der Waals surface area contributed by atoms with Gasteiger partial charge in [0.1, 0.15) is 0 Å². The first kappa shape index (κ1) is 8.89. The van der Waals surface area contributed by atoms with Gasteiger partial charge in [0.05, 0.1) is 18.3 Å². The summed E-state index contributed by atoms with van der Waals surface area (Å²) in [6.45, 7) is 3.53. The fourth-order valence-electron chi connectivity index (χ4n) is 1.05. The Kier molecular flexibility index (Phi) is 2.55. The fourth-order valence-corrected chi connectivity index (χ4v) is 1.05. The highest BCUT2D eigenvalue weighted by Gasteiger charge is 2.08. The molecule has 0 radical (unpaired) electrons. The summed E-state index contributed by atoms with van der Waals surface area (Å²) < 4.78 is 5.04. The summed E-state index contributed by atoms with van der Waals surface area (Å²) in [5, 5.41) is 13.4. The third-order valence-electron chi connectivity index (χ3n) is 1.75. The maximum atomic E-state index is 5.04. The second-order valence-corrected chi connectivity index (χ2v) is 2.78. The minimum Gasteiger partial charge on any atom is -0.334 e. The highest BCUT2D eigenvalue weighted by molar-refractivity contribution is 5.48. The number of aromatic nitrogens is 4. The Morgan fingerprint density at radius 2 is 2.50 bits per heavy atom. The van der Waals surface area contributed by atoms with E-state index in [4.69, 9.17) is 4.52 Å². The molecule has 0 spiro atoms. The Morgan fingerprint density at radius 1 is 1.57 bits per heavy atom. The fraction of sp³-hybridized carbons (Fsp3) is 0.375. The van der Waals surface area contributed by atoms with E-state index >= 15 is 0 Å². The van der Waals surface area contributed by atoms with E-state index in [1.54, 1.807) is 12.4 Å². The molecule has 0 bridgehead atoms. The minimum atomic E-state index is 0.492. The molecule has 0 saturated carbocycles. The highest BCUT2D eigenvalue weighted by atomic mass is 16.5. The van der Waals surface area contributed by atoms with E-state index in [2.05, 4.69) is 25.7 Å². The first-order chi connectivity index (χ1) is 6.90. The van der Waals surface area contributed by atoms with Crippen molar-refractivity contribution in [1.29, 1.82) is 0 Å². The van der Waals surface area contributed by atoms with Crippen molar-refractivity contribution < 1.29 is 4.52 Å². The molecule has 0 unspecified atom stereocenters. The van der Waals surface area contributed by atoms with Gasteiger partial charge < -0.3 is 9.84 Å². The molecular weight excluding hydrogens is 182 g/mol. The van der Waals surface area contributed by atoms with Gasteiger partial charge in [-0.15, -0.1) is 0 Å². The Bertz CT molecular complexity index is 380. The largest absolute Gasteiger partial charge is 0.334 e. The molecular formula is C8H11N5O. The van der Waals surface area contributed by atoms with Gasteiger partial charge in [-0.3, -0.25) is 5.10 Å². The van der Waals surface area contributed by atoms with Crippen LogP contribution >= 0.6 is 0 Å². The van der Waals surface area contributed by atoms with E-state index in [0.717, 1.165) is 12.1 Å². The van der Waals surface area contributed by atoms with Crippen LogP contribution in [0.1, 0.15) is 12.7 Å². The molecule has 2 heterocycles. The number of hydrogen-bond acceptors (Lipinski definition) is 5. The summed E-state index contributed by atoms with van der Waals surface area (Å²) in [5.41, 5.74) is 0.806. The molecule has 0 saturated heterocycles. The molecule has 6 heteroatoms. The maximum absolute atomic E-state index is 5.04. The van der Waals surface area contributed by atoms with Crippen LogP contribution in [0.5, 0.6) is 0 Å². The Hall–Kier alpha value is -1.69. The zero-order chi connectivity index (χ0) is 9.80. The first-order valence-corrected chi connectivity index (χ1v) is 4.42. The molecule has 74 valence electrons. The lowest BCUT2D eigenvalue weighted by atomic mass is 10.4. The molecule has 2 N–H and O–H groups in total. The summed E-state index contributed by atoms with van der Waals surface area (Å²) in [7, 11) is 0. The lowest BCUT2D eigenvalue weighted by Crippen LogP contribution is -2.12. The van der Waals surface area contributed by atoms with Gasteiger partial charge in [-0.05, 0) is 6.54 Å². The second kappa shape index (κ2) is 4.01. The van der Waals surface area contributed by atoms with Crippen LogP contribution in [0.3, 0.4) is 0 Å². The predicted octanol–water partition coefficient (Wildman–Crippen LogP) is 0.569. The normalized spacial score (nSPS) is 10.6. The standard InChI is InChI=1S/C8H11N5O/c1-2-9-5-7-12-8(14-13-7)6-3-10-11-4-6/h3-4,9H,2,5H2,1H3,(H,10,11). The van der Waals surface area contributed by atoms with E-state index in [0.29, 0.717) is 18.3 Å². The minimum absolute atomic E-state index is 0.492. The third-order valence-corrected chi connectivity index (χ3v) is 1.75. The van der Waals surface area contributed by atoms with Crippen LogP contribution < -0.4 is 5.32 Å². The number of rotatable bonds is 4. The number of H-pyrrole nitrogens is 1. The van der Waals surface area contributed by atoms with Gasteiger partial charge in [0, 0.05) is 6.20 Å². The molecule has 0 aliphatic heterocycles. The average molecular weight is 193 g/mol. The molecule has 0 fully saturated rings. The molecule has 0 aliphatic carbocycles. The zero-order valence-electron chi connectivity index (χ0n) is 7.82. The van der Waals surface area contributed by atoms with Gasteiger partial charge in [-0.2, -0.15) is 10.1 Å². The van der Waals surface area contributed by atoms with E-state index in [9.17, 15) is 0 Å². The SMILES string of the molecule is CCNCc1noc(-c2cn[nH]c2)n1. The average Bonchev–Trinajstić information content (AvgIpc) is 2.85. The maximum Gasteiger partial charge on any atom is 0.261 e. The molecule has 0 amide bonds. The number of nitrogens with one attached hydrogen (secondary N) is 2. The summed E-state index contributed by atoms with van der Waals surface area (Å²) >= 11 is 0. The van der Waals surface area contributed by atoms with Gasteiger partial charge in [0.15, 0.2) is 5.82 Å². The van der Waals surface area contributed by atoms with Gasteiger partial charge in [-0.1, -0.05) is 12.1 Å². The van der Waals surface area contributed by atoms with Crippen LogP contribution in [-0.2, 0) is 6.54 Å². The Labute approximate surface area is 80.7 Å². The quantitative estimate of drug-likeness (QED) is 0.742. The van der Waals surface area contributed by atoms with Crippen molar-refractivity contribution in [2.75, 3.05) is 6.54 Å². The van der Waals surface area contributed by atoms with E-state index in [1.807, 2.05) is 6.92 Å². The second-order valence-electron chi connectivity index (χ2n) is 2.78. The lowest BCUT2D eigenvalue weighted by molar-refractivity contribution is 0.420. The third kappa shape index (κ3) is 1.80. The molecule has 2 aromatic heterocycles. The van der Waals surface area contributed by atoms with Crippen molar-refractivity contribution >= 4 is 0 Å². The summed E-state index contributed by atoms with van der Waals surface area (Å²) in [6.07, 6.45) is 3.36. The van der Waals surface area contributed by atoms with E-state index in [1.165, 1.54) is 0 Å². The highest BCUT2D eigenvalue weighted by Crippen LogP contribution is 2.13. The van der Waals surface area contributed by atoms with Crippen molar-refractivity contribution in [2.45, 2.75) is 13.5 Å². The van der Waals surface area contributed by atoms with Crippen LogP contribution in [-0.4, -0.2) is 26.9 Å². The van der Waals surface area contributed by atoms with Gasteiger partial charge >= 0.3 is 0 Å². The molecule has 14 heavy (non-hydrogen) atoms. The zero-order valence-corrected chi connectivity index (χ0v) is 7.82. The van der Waals surface area contributed by atoms with Crippen LogP contribution in [0, 0.1) is 0 Å². The van der Waals surface area contributed by atoms with Crippen molar-refractivity contribution in [1.82, 2.24) is 25.7 Å². The smallest absolute Gasteiger partial charge is 0.261 e. The van der Waals surface area contributed by atoms with Crippen molar-refractivity contribution in [3.63, 3.8) is 0 Å². The van der Waals surface area contributed by atoms with Gasteiger partial charge in [-0.25, -0.2) is 0 Å². The predicted molar refractivity (Wildman–Crippen MR) is 49.3 cm³/mol. The van der Waals surface area contributed by atoms with Crippen LogP contribution in [0.4, 0.5) is 0 Å². The van der Waals surface area contributed by atoms with Gasteiger partial charge in [0.25, 0.3) is 5.89 Å². The Morgan fingerprint density at radius 3 is 3.21 bits per heavy atom. The van der Waals surface area contributed by atoms with Crippen LogP contribution in [0.15, 0.2) is 16.9 Å². The molecule has 2 aromatic rings. The van der Waals surface area contributed by atoms with Crippen LogP contribution in [0.2, 0.25) is 0 Å². The number of hydrogen-bond donors (Lipinski definition) is 2. The number of nitrogens with zero attached hydrogens (tertiary/aromatic N) is 3. The van der Waals surface area contributed by atoms with Gasteiger partial charge in [0.2, 0.25) is 0 Å². The molecule has 0 atom stereocenters. The molecule has 0 aliphatic rings. The van der Waals surface area contributed by atoms with E-state index < -0.39 is 0 Å². The molecule has 2 rings (SSSR count). The van der Waals surface area contributed by atoms with Crippen molar-refractivity contribution in [3.8, 4) is 11.5 Å². The summed E-state index contributed by atoms with van der Waals surface area (Å²) in [6, 6.07) is 0. The monoisotopic (exact) mass is 193 g/mol. The molecule has 6 nitrogen and oxygen atoms in total. The molecule has 0 aromatic carbocycles. The summed E-state index contributed by atoms with van der Waals surface area (Å²) in [4.78, 5) is 4.19. The van der Waals surface area contributed by atoms with Crippen molar-refractivity contribution in [3.05, 3.63) is 18.2 Å². The Balaban J connectivity index is 2.10. The van der Waals surface area contributed by atoms with E-state index in [-0.39, 0.29) is 0 Å². The first-order valence-electron chi connectivity index (χ1n) is 4.42. The lowest BCUT2D eigenvalue weighted by Gasteiger charge is -1.91. The summed E-state index contributed by atoms with van der Waals surface area (Å²) in [5.74, 6) is 1.15. The number of aromatic amines is 1. The van der Waals surface area contributed by atoms with Crippen LogP contribution in [0.25, 0.3) is 11.5 Å². The topological polar surface area (TPSA) is 79.6 Å². The van der Waals surface area contributed by atoms with Crippen molar-refractivity contribution in [2.24, 2.45) is 0 Å².